The molecule has 0 radical (unpaired) electrons. The average molecular weight is 455 g/mol. The number of likely N-dealkylation sites (tertiary alicyclic amines) is 1. The van der Waals surface area contributed by atoms with Gasteiger partial charge in [0, 0.05) is 31.7 Å². The molecule has 4 rings (SSSR count). The van der Waals surface area contributed by atoms with Gasteiger partial charge in [0.1, 0.15) is 23.3 Å². The molecule has 8 nitrogen and oxygen atoms in total. The van der Waals surface area contributed by atoms with Crippen LogP contribution in [0.15, 0.2) is 52.7 Å². The summed E-state index contributed by atoms with van der Waals surface area (Å²) in [7, 11) is 0. The Hall–Kier alpha value is -3.10. The second-order valence-corrected chi connectivity index (χ2v) is 8.19. The lowest BCUT2D eigenvalue weighted by Gasteiger charge is -2.28. The number of aliphatic hydroxyl groups excluding tert-OH is 1. The van der Waals surface area contributed by atoms with E-state index in [1.165, 1.54) is 11.2 Å². The van der Waals surface area contributed by atoms with Crippen LogP contribution in [0.3, 0.4) is 0 Å². The van der Waals surface area contributed by atoms with Crippen molar-refractivity contribution >= 4 is 17.4 Å². The van der Waals surface area contributed by atoms with E-state index >= 15 is 0 Å². The number of carbonyl (C=O) groups excluding carboxylic acids is 2. The lowest BCUT2D eigenvalue weighted by molar-refractivity contribution is -0.140. The van der Waals surface area contributed by atoms with Gasteiger partial charge in [-0.25, -0.2) is 0 Å². The molecule has 33 heavy (non-hydrogen) atoms. The highest BCUT2D eigenvalue weighted by Gasteiger charge is 2.47. The van der Waals surface area contributed by atoms with Crippen LogP contribution in [-0.2, 0) is 14.3 Å². The fourth-order valence-corrected chi connectivity index (χ4v) is 4.23. The van der Waals surface area contributed by atoms with Gasteiger partial charge in [0.25, 0.3) is 11.7 Å². The molecule has 2 aliphatic rings. The maximum atomic E-state index is 13.0. The van der Waals surface area contributed by atoms with Gasteiger partial charge >= 0.3 is 0 Å². The third kappa shape index (κ3) is 5.12. The minimum atomic E-state index is -0.763. The average Bonchev–Trinajstić information content (AvgIpc) is 3.46. The zero-order chi connectivity index (χ0) is 23.2. The molecule has 1 aromatic heterocycles. The standard InChI is InChI=1S/C25H30N2O6/c1-2-14-32-19-8-6-18(7-9-19)23(28)21-22(20-5-3-15-33-20)27(25(30)24(21)29)11-4-10-26-12-16-31-17-13-26/h3,5-9,15,22,28H,2,4,10-14,16-17H2,1H3/t22-/m1/s1. The van der Waals surface area contributed by atoms with Crippen molar-refractivity contribution in [1.82, 2.24) is 9.80 Å². The van der Waals surface area contributed by atoms with Crippen molar-refractivity contribution in [2.45, 2.75) is 25.8 Å². The normalized spacial score (nSPS) is 21.0. The lowest BCUT2D eigenvalue weighted by Crippen LogP contribution is -2.38. The Labute approximate surface area is 193 Å². The number of ketones is 1. The Bertz CT molecular complexity index is 977. The van der Waals surface area contributed by atoms with E-state index in [4.69, 9.17) is 13.9 Å². The second-order valence-electron chi connectivity index (χ2n) is 8.19. The SMILES string of the molecule is CCCOc1ccc(C(O)=C2C(=O)C(=O)N(CCCN3CCOCC3)[C@@H]2c2ccco2)cc1. The molecular weight excluding hydrogens is 424 g/mol. The van der Waals surface area contributed by atoms with Crippen LogP contribution in [0.5, 0.6) is 5.75 Å². The van der Waals surface area contributed by atoms with Gasteiger partial charge in [0.2, 0.25) is 0 Å². The van der Waals surface area contributed by atoms with Crippen LogP contribution in [-0.4, -0.2) is 72.6 Å². The van der Waals surface area contributed by atoms with Gasteiger partial charge in [-0.15, -0.1) is 0 Å². The Kier molecular flexibility index (Phi) is 7.47. The van der Waals surface area contributed by atoms with E-state index in [0.29, 0.717) is 49.9 Å². The number of hydrogen-bond acceptors (Lipinski definition) is 7. The molecule has 2 aromatic rings. The van der Waals surface area contributed by atoms with E-state index < -0.39 is 17.7 Å². The molecule has 0 aliphatic carbocycles. The van der Waals surface area contributed by atoms with Gasteiger partial charge in [-0.2, -0.15) is 0 Å². The van der Waals surface area contributed by atoms with Crippen LogP contribution in [0, 0.1) is 0 Å². The quantitative estimate of drug-likeness (QED) is 0.353. The first kappa shape index (κ1) is 23.1. The van der Waals surface area contributed by atoms with Crippen LogP contribution in [0.1, 0.15) is 37.1 Å². The van der Waals surface area contributed by atoms with Crippen LogP contribution < -0.4 is 4.74 Å². The van der Waals surface area contributed by atoms with E-state index in [9.17, 15) is 14.7 Å². The van der Waals surface area contributed by atoms with Gasteiger partial charge in [0.05, 0.1) is 31.7 Å². The highest BCUT2D eigenvalue weighted by atomic mass is 16.5. The minimum absolute atomic E-state index is 0.0450. The number of morpholine rings is 1. The number of rotatable bonds is 9. The van der Waals surface area contributed by atoms with E-state index in [0.717, 1.165) is 26.1 Å². The molecule has 8 heteroatoms. The van der Waals surface area contributed by atoms with Gasteiger partial charge in [-0.1, -0.05) is 6.92 Å². The molecule has 0 bridgehead atoms. The third-order valence-corrected chi connectivity index (χ3v) is 5.93. The maximum absolute atomic E-state index is 13.0. The topological polar surface area (TPSA) is 92.5 Å². The molecule has 0 saturated carbocycles. The molecule has 176 valence electrons. The first-order valence-corrected chi connectivity index (χ1v) is 11.4. The molecule has 0 unspecified atom stereocenters. The minimum Gasteiger partial charge on any atom is -0.507 e. The number of hydrogen-bond donors (Lipinski definition) is 1. The summed E-state index contributed by atoms with van der Waals surface area (Å²) >= 11 is 0. The zero-order valence-electron chi connectivity index (χ0n) is 18.9. The summed E-state index contributed by atoms with van der Waals surface area (Å²) in [6.07, 6.45) is 3.09. The molecule has 2 saturated heterocycles. The smallest absolute Gasteiger partial charge is 0.295 e. The number of Topliss-reactive ketones (excluding diaryl/α,β-unsaturated/α-hetero) is 1. The Morgan fingerprint density at radius 2 is 1.88 bits per heavy atom. The lowest BCUT2D eigenvalue weighted by atomic mass is 9.99. The summed E-state index contributed by atoms with van der Waals surface area (Å²) in [5.74, 6) is -0.411. The molecule has 1 aromatic carbocycles. The van der Waals surface area contributed by atoms with Crippen molar-refractivity contribution in [2.75, 3.05) is 46.0 Å². The van der Waals surface area contributed by atoms with Crippen LogP contribution in [0.25, 0.3) is 5.76 Å². The van der Waals surface area contributed by atoms with E-state index in [2.05, 4.69) is 4.90 Å². The first-order chi connectivity index (χ1) is 16.1. The van der Waals surface area contributed by atoms with Crippen molar-refractivity contribution in [3.05, 3.63) is 59.6 Å². The van der Waals surface area contributed by atoms with E-state index in [1.54, 1.807) is 36.4 Å². The number of furan rings is 1. The third-order valence-electron chi connectivity index (χ3n) is 5.93. The summed E-state index contributed by atoms with van der Waals surface area (Å²) < 4.78 is 16.6. The molecule has 2 fully saturated rings. The molecular formula is C25H30N2O6. The second kappa shape index (κ2) is 10.7. The van der Waals surface area contributed by atoms with Gasteiger partial charge in [-0.3, -0.25) is 14.5 Å². The number of benzene rings is 1. The molecule has 2 aliphatic heterocycles. The summed E-state index contributed by atoms with van der Waals surface area (Å²) in [6, 6.07) is 9.52. The molecule has 1 atom stereocenters. The van der Waals surface area contributed by atoms with Crippen molar-refractivity contribution < 1.29 is 28.6 Å². The number of ether oxygens (including phenoxy) is 2. The molecule has 1 amide bonds. The van der Waals surface area contributed by atoms with Crippen molar-refractivity contribution in [3.8, 4) is 5.75 Å². The number of aliphatic hydroxyl groups is 1. The Morgan fingerprint density at radius 1 is 1.12 bits per heavy atom. The predicted molar refractivity (Wildman–Crippen MR) is 122 cm³/mol. The van der Waals surface area contributed by atoms with Gasteiger partial charge < -0.3 is 23.9 Å². The molecule has 0 spiro atoms. The number of amides is 1. The monoisotopic (exact) mass is 454 g/mol. The zero-order valence-corrected chi connectivity index (χ0v) is 18.9. The highest BCUT2D eigenvalue weighted by molar-refractivity contribution is 6.46. The van der Waals surface area contributed by atoms with Gasteiger partial charge in [-0.05, 0) is 49.2 Å². The summed E-state index contributed by atoms with van der Waals surface area (Å²) in [4.78, 5) is 29.7. The fraction of sp³-hybridized carbons (Fsp3) is 0.440. The number of nitrogens with zero attached hydrogens (tertiary/aromatic N) is 2. The molecule has 1 N–H and O–H groups in total. The number of carbonyl (C=O) groups is 2. The van der Waals surface area contributed by atoms with Gasteiger partial charge in [0.15, 0.2) is 0 Å². The molecule has 3 heterocycles. The van der Waals surface area contributed by atoms with Crippen LogP contribution in [0.2, 0.25) is 0 Å². The first-order valence-electron chi connectivity index (χ1n) is 11.4. The summed E-state index contributed by atoms with van der Waals surface area (Å²) in [5, 5.41) is 11.1. The van der Waals surface area contributed by atoms with Crippen molar-refractivity contribution in [2.24, 2.45) is 0 Å². The predicted octanol–water partition coefficient (Wildman–Crippen LogP) is 3.21. The Morgan fingerprint density at radius 3 is 2.55 bits per heavy atom. The fourth-order valence-electron chi connectivity index (χ4n) is 4.23. The van der Waals surface area contributed by atoms with Crippen molar-refractivity contribution in [3.63, 3.8) is 0 Å². The Balaban J connectivity index is 1.58. The van der Waals surface area contributed by atoms with E-state index in [1.807, 2.05) is 6.92 Å². The summed E-state index contributed by atoms with van der Waals surface area (Å²) in [6.45, 7) is 6.94. The van der Waals surface area contributed by atoms with E-state index in [-0.39, 0.29) is 11.3 Å². The van der Waals surface area contributed by atoms with Crippen LogP contribution in [0.4, 0.5) is 0 Å². The van der Waals surface area contributed by atoms with Crippen molar-refractivity contribution in [1.29, 1.82) is 0 Å². The summed E-state index contributed by atoms with van der Waals surface area (Å²) in [5.41, 5.74) is 0.491. The largest absolute Gasteiger partial charge is 0.507 e. The maximum Gasteiger partial charge on any atom is 0.295 e. The van der Waals surface area contributed by atoms with Crippen LogP contribution >= 0.6 is 0 Å². The highest BCUT2D eigenvalue weighted by Crippen LogP contribution is 2.39.